The molecule has 0 spiro atoms. The molecule has 0 aromatic heterocycles. The molecule has 5 nitrogen and oxygen atoms in total. The Morgan fingerprint density at radius 1 is 1.47 bits per heavy atom. The first-order valence-electron chi connectivity index (χ1n) is 3.78. The Morgan fingerprint density at radius 3 is 2.60 bits per heavy atom. The van der Waals surface area contributed by atoms with Crippen molar-refractivity contribution in [3.05, 3.63) is 29.6 Å². The smallest absolute Gasteiger partial charge is 0.394 e. The molecule has 0 heterocycles. The lowest BCUT2D eigenvalue weighted by atomic mass is 10.2. The Labute approximate surface area is 83.8 Å². The third kappa shape index (κ3) is 2.51. The first kappa shape index (κ1) is 10.7. The number of hydrogen-bond donors (Lipinski definition) is 2. The van der Waals surface area contributed by atoms with Crippen molar-refractivity contribution < 1.29 is 19.1 Å². The number of carboxylic acids is 1. The number of benzene rings is 1. The van der Waals surface area contributed by atoms with E-state index < -0.39 is 17.7 Å². The van der Waals surface area contributed by atoms with E-state index >= 15 is 0 Å². The van der Waals surface area contributed by atoms with Gasteiger partial charge in [-0.2, -0.15) is 5.26 Å². The minimum absolute atomic E-state index is 0.0841. The molecule has 0 radical (unpaired) electrons. The van der Waals surface area contributed by atoms with Crippen molar-refractivity contribution in [3.8, 4) is 6.07 Å². The van der Waals surface area contributed by atoms with Crippen molar-refractivity contribution in [1.82, 2.24) is 0 Å². The molecule has 76 valence electrons. The summed E-state index contributed by atoms with van der Waals surface area (Å²) in [5.74, 6) is -3.90. The summed E-state index contributed by atoms with van der Waals surface area (Å²) in [6.07, 6.45) is 0. The fourth-order valence-electron chi connectivity index (χ4n) is 0.862. The molecule has 0 fully saturated rings. The summed E-state index contributed by atoms with van der Waals surface area (Å²) >= 11 is 0. The van der Waals surface area contributed by atoms with Gasteiger partial charge in [0.25, 0.3) is 0 Å². The molecule has 0 atom stereocenters. The van der Waals surface area contributed by atoms with Gasteiger partial charge in [-0.15, -0.1) is 0 Å². The van der Waals surface area contributed by atoms with E-state index in [4.69, 9.17) is 10.4 Å². The third-order valence-corrected chi connectivity index (χ3v) is 1.54. The lowest BCUT2D eigenvalue weighted by Gasteiger charge is -2.02. The maximum absolute atomic E-state index is 13.1. The molecule has 0 aliphatic rings. The minimum Gasteiger partial charge on any atom is -0.474 e. The second-order valence-electron chi connectivity index (χ2n) is 2.57. The van der Waals surface area contributed by atoms with E-state index in [0.29, 0.717) is 0 Å². The third-order valence-electron chi connectivity index (χ3n) is 1.54. The van der Waals surface area contributed by atoms with E-state index in [1.54, 1.807) is 6.07 Å². The van der Waals surface area contributed by atoms with E-state index in [0.717, 1.165) is 12.1 Å². The monoisotopic (exact) mass is 208 g/mol. The average Bonchev–Trinajstić information content (AvgIpc) is 2.20. The summed E-state index contributed by atoms with van der Waals surface area (Å²) in [6.45, 7) is 0. The van der Waals surface area contributed by atoms with Crippen molar-refractivity contribution in [2.75, 3.05) is 5.32 Å². The topological polar surface area (TPSA) is 90.2 Å². The number of carboxylic acid groups (broad SMARTS) is 1. The molecule has 1 amide bonds. The lowest BCUT2D eigenvalue weighted by Crippen LogP contribution is -2.22. The number of anilines is 1. The van der Waals surface area contributed by atoms with Crippen molar-refractivity contribution in [1.29, 1.82) is 5.26 Å². The van der Waals surface area contributed by atoms with Gasteiger partial charge in [-0.3, -0.25) is 4.79 Å². The highest BCUT2D eigenvalue weighted by Gasteiger charge is 2.13. The Balaban J connectivity index is 2.93. The number of nitrogens with zero attached hydrogens (tertiary/aromatic N) is 1. The Kier molecular flexibility index (Phi) is 2.98. The van der Waals surface area contributed by atoms with Crippen LogP contribution in [0.15, 0.2) is 18.2 Å². The SMILES string of the molecule is N#Cc1ccc(NC(=O)C(=O)O)c(F)c1. The number of carbonyl (C=O) groups excluding carboxylic acids is 1. The van der Waals surface area contributed by atoms with Crippen molar-refractivity contribution in [2.24, 2.45) is 0 Å². The largest absolute Gasteiger partial charge is 0.474 e. The number of nitriles is 1. The van der Waals surface area contributed by atoms with Gasteiger partial charge >= 0.3 is 11.9 Å². The summed E-state index contributed by atoms with van der Waals surface area (Å²) < 4.78 is 13.1. The fourth-order valence-corrected chi connectivity index (χ4v) is 0.862. The van der Waals surface area contributed by atoms with Crippen LogP contribution in [0.1, 0.15) is 5.56 Å². The second kappa shape index (κ2) is 4.19. The first-order chi connectivity index (χ1) is 7.04. The van der Waals surface area contributed by atoms with Gasteiger partial charge < -0.3 is 10.4 Å². The molecule has 1 aromatic rings. The average molecular weight is 208 g/mol. The lowest BCUT2D eigenvalue weighted by molar-refractivity contribution is -0.147. The number of nitrogens with one attached hydrogen (secondary N) is 1. The van der Waals surface area contributed by atoms with E-state index in [-0.39, 0.29) is 11.3 Å². The van der Waals surface area contributed by atoms with Crippen LogP contribution in [0, 0.1) is 17.1 Å². The molecule has 15 heavy (non-hydrogen) atoms. The maximum Gasteiger partial charge on any atom is 0.394 e. The summed E-state index contributed by atoms with van der Waals surface area (Å²) in [5, 5.41) is 18.5. The zero-order valence-corrected chi connectivity index (χ0v) is 7.32. The number of aliphatic carboxylic acids is 1. The highest BCUT2D eigenvalue weighted by molar-refractivity contribution is 6.36. The second-order valence-corrected chi connectivity index (χ2v) is 2.57. The van der Waals surface area contributed by atoms with Crippen molar-refractivity contribution >= 4 is 17.6 Å². The molecular formula is C9H5FN2O3. The van der Waals surface area contributed by atoms with Crippen LogP contribution in [0.2, 0.25) is 0 Å². The molecule has 1 rings (SSSR count). The number of hydrogen-bond acceptors (Lipinski definition) is 3. The summed E-state index contributed by atoms with van der Waals surface area (Å²) in [7, 11) is 0. The molecular weight excluding hydrogens is 203 g/mol. The number of carbonyl (C=O) groups is 2. The highest BCUT2D eigenvalue weighted by atomic mass is 19.1. The van der Waals surface area contributed by atoms with Crippen molar-refractivity contribution in [2.45, 2.75) is 0 Å². The van der Waals surface area contributed by atoms with Crippen LogP contribution in [-0.2, 0) is 9.59 Å². The van der Waals surface area contributed by atoms with Crippen LogP contribution in [0.5, 0.6) is 0 Å². The molecule has 0 saturated carbocycles. The predicted octanol–water partition coefficient (Wildman–Crippen LogP) is 0.720. The summed E-state index contributed by atoms with van der Waals surface area (Å²) in [5.41, 5.74) is -0.192. The van der Waals surface area contributed by atoms with Crippen molar-refractivity contribution in [3.63, 3.8) is 0 Å². The van der Waals surface area contributed by atoms with Gasteiger partial charge in [0.15, 0.2) is 0 Å². The molecule has 6 heteroatoms. The van der Waals surface area contributed by atoms with E-state index in [1.165, 1.54) is 6.07 Å². The van der Waals surface area contributed by atoms with Gasteiger partial charge in [0.05, 0.1) is 17.3 Å². The van der Waals surface area contributed by atoms with Crippen LogP contribution in [0.25, 0.3) is 0 Å². The number of rotatable bonds is 1. The molecule has 0 bridgehead atoms. The van der Waals surface area contributed by atoms with Crippen LogP contribution in [-0.4, -0.2) is 17.0 Å². The van der Waals surface area contributed by atoms with Crippen LogP contribution in [0.4, 0.5) is 10.1 Å². The van der Waals surface area contributed by atoms with Crippen LogP contribution < -0.4 is 5.32 Å². The van der Waals surface area contributed by atoms with Gasteiger partial charge in [0, 0.05) is 0 Å². The Hall–Kier alpha value is -2.42. The quantitative estimate of drug-likeness (QED) is 0.665. The zero-order chi connectivity index (χ0) is 11.4. The van der Waals surface area contributed by atoms with Gasteiger partial charge in [0.1, 0.15) is 5.82 Å². The number of amides is 1. The minimum atomic E-state index is -1.71. The number of halogens is 1. The predicted molar refractivity (Wildman–Crippen MR) is 47.4 cm³/mol. The zero-order valence-electron chi connectivity index (χ0n) is 7.32. The standard InChI is InChI=1S/C9H5FN2O3/c10-6-3-5(4-11)1-2-7(6)12-8(13)9(14)15/h1-3H,(H,12,13)(H,14,15). The molecule has 0 aliphatic carbocycles. The van der Waals surface area contributed by atoms with E-state index in [2.05, 4.69) is 0 Å². The highest BCUT2D eigenvalue weighted by Crippen LogP contribution is 2.14. The Morgan fingerprint density at radius 2 is 2.13 bits per heavy atom. The summed E-state index contributed by atoms with van der Waals surface area (Å²) in [4.78, 5) is 20.8. The molecule has 0 unspecified atom stereocenters. The molecule has 2 N–H and O–H groups in total. The van der Waals surface area contributed by atoms with Crippen LogP contribution in [0.3, 0.4) is 0 Å². The van der Waals surface area contributed by atoms with Gasteiger partial charge in [-0.05, 0) is 18.2 Å². The van der Waals surface area contributed by atoms with Crippen LogP contribution >= 0.6 is 0 Å². The molecule has 0 aliphatic heterocycles. The van der Waals surface area contributed by atoms with Gasteiger partial charge in [0.2, 0.25) is 0 Å². The molecule has 0 saturated heterocycles. The normalized spacial score (nSPS) is 9.07. The van der Waals surface area contributed by atoms with E-state index in [1.807, 2.05) is 5.32 Å². The van der Waals surface area contributed by atoms with Gasteiger partial charge in [-0.25, -0.2) is 9.18 Å². The first-order valence-corrected chi connectivity index (χ1v) is 3.78. The maximum atomic E-state index is 13.1. The van der Waals surface area contributed by atoms with E-state index in [9.17, 15) is 14.0 Å². The van der Waals surface area contributed by atoms with Gasteiger partial charge in [-0.1, -0.05) is 0 Å². The Bertz CT molecular complexity index is 465. The summed E-state index contributed by atoms with van der Waals surface area (Å²) in [6, 6.07) is 4.99. The fraction of sp³-hybridized carbons (Fsp3) is 0. The molecule has 1 aromatic carbocycles.